The smallest absolute Gasteiger partial charge is 0.0701 e. The van der Waals surface area contributed by atoms with Gasteiger partial charge in [0.1, 0.15) is 0 Å². The molecule has 0 N–H and O–H groups in total. The van der Waals surface area contributed by atoms with Crippen LogP contribution in [0.3, 0.4) is 0 Å². The van der Waals surface area contributed by atoms with Crippen molar-refractivity contribution in [3.05, 3.63) is 0 Å². The predicted octanol–water partition coefficient (Wildman–Crippen LogP) is 2.46. The van der Waals surface area contributed by atoms with Gasteiger partial charge in [0.15, 0.2) is 0 Å². The minimum absolute atomic E-state index is 0.619. The highest BCUT2D eigenvalue weighted by Crippen LogP contribution is 2.08. The summed E-state index contributed by atoms with van der Waals surface area (Å²) in [4.78, 5) is 0. The van der Waals surface area contributed by atoms with Crippen molar-refractivity contribution in [3.8, 4) is 0 Å². The van der Waals surface area contributed by atoms with Gasteiger partial charge < -0.3 is 18.9 Å². The topological polar surface area (TPSA) is 36.9 Å². The zero-order chi connectivity index (χ0) is 14.2. The Hall–Kier alpha value is 0.190. The molecule has 4 nitrogen and oxygen atoms in total. The molecule has 0 aliphatic rings. The number of hydrogen-bond donors (Lipinski definition) is 0. The van der Waals surface area contributed by atoms with E-state index in [1.807, 2.05) is 11.8 Å². The fourth-order valence-corrected chi connectivity index (χ4v) is 2.30. The van der Waals surface area contributed by atoms with Crippen molar-refractivity contribution in [2.24, 2.45) is 5.92 Å². The van der Waals surface area contributed by atoms with E-state index in [9.17, 15) is 0 Å². The van der Waals surface area contributed by atoms with Crippen LogP contribution in [0.25, 0.3) is 0 Å². The Kier molecular flexibility index (Phi) is 16.4. The summed E-state index contributed by atoms with van der Waals surface area (Å²) >= 11 is 1.96. The first-order chi connectivity index (χ1) is 9.27. The zero-order valence-corrected chi connectivity index (χ0v) is 13.5. The molecular formula is C14H30O4S. The maximum Gasteiger partial charge on any atom is 0.0701 e. The second-order valence-electron chi connectivity index (χ2n) is 4.62. The predicted molar refractivity (Wildman–Crippen MR) is 81.1 cm³/mol. The van der Waals surface area contributed by atoms with E-state index >= 15 is 0 Å². The van der Waals surface area contributed by atoms with Crippen molar-refractivity contribution < 1.29 is 18.9 Å². The van der Waals surface area contributed by atoms with E-state index in [1.165, 1.54) is 12.2 Å². The fourth-order valence-electron chi connectivity index (χ4n) is 1.22. The zero-order valence-electron chi connectivity index (χ0n) is 12.7. The maximum atomic E-state index is 5.48. The Labute approximate surface area is 122 Å². The van der Waals surface area contributed by atoms with Gasteiger partial charge in [-0.3, -0.25) is 0 Å². The molecule has 0 atom stereocenters. The fraction of sp³-hybridized carbons (Fsp3) is 1.00. The van der Waals surface area contributed by atoms with Gasteiger partial charge in [-0.05, 0) is 18.1 Å². The molecule has 19 heavy (non-hydrogen) atoms. The van der Waals surface area contributed by atoms with Crippen LogP contribution < -0.4 is 0 Å². The van der Waals surface area contributed by atoms with Gasteiger partial charge in [-0.2, -0.15) is 11.8 Å². The second-order valence-corrected chi connectivity index (χ2v) is 5.85. The van der Waals surface area contributed by atoms with Crippen LogP contribution in [0.2, 0.25) is 0 Å². The highest BCUT2D eigenvalue weighted by Gasteiger charge is 1.95. The van der Waals surface area contributed by atoms with Gasteiger partial charge in [0.25, 0.3) is 0 Å². The van der Waals surface area contributed by atoms with Crippen LogP contribution in [-0.4, -0.2) is 64.9 Å². The lowest BCUT2D eigenvalue weighted by Crippen LogP contribution is -2.12. The molecule has 0 aromatic heterocycles. The molecule has 0 bridgehead atoms. The second kappa shape index (κ2) is 16.2. The molecule has 0 rings (SSSR count). The Morgan fingerprint density at radius 1 is 0.737 bits per heavy atom. The van der Waals surface area contributed by atoms with E-state index in [1.54, 1.807) is 7.11 Å². The van der Waals surface area contributed by atoms with Crippen molar-refractivity contribution >= 4 is 11.8 Å². The minimum atomic E-state index is 0.619. The van der Waals surface area contributed by atoms with Crippen molar-refractivity contribution in [1.82, 2.24) is 0 Å². The van der Waals surface area contributed by atoms with Crippen LogP contribution in [-0.2, 0) is 18.9 Å². The lowest BCUT2D eigenvalue weighted by atomic mass is 10.2. The Bertz CT molecular complexity index is 168. The van der Waals surface area contributed by atoms with Crippen molar-refractivity contribution in [3.63, 3.8) is 0 Å². The summed E-state index contributed by atoms with van der Waals surface area (Å²) in [7, 11) is 1.67. The summed E-state index contributed by atoms with van der Waals surface area (Å²) in [5, 5.41) is 0. The molecule has 0 spiro atoms. The van der Waals surface area contributed by atoms with Crippen molar-refractivity contribution in [2.45, 2.75) is 20.3 Å². The minimum Gasteiger partial charge on any atom is -0.382 e. The Morgan fingerprint density at radius 2 is 1.26 bits per heavy atom. The molecule has 0 saturated heterocycles. The molecule has 0 fully saturated rings. The van der Waals surface area contributed by atoms with Gasteiger partial charge in [-0.25, -0.2) is 0 Å². The molecule has 0 unspecified atom stereocenters. The normalized spacial score (nSPS) is 11.4. The summed E-state index contributed by atoms with van der Waals surface area (Å²) in [5.41, 5.74) is 0. The number of thioether (sulfide) groups is 1. The van der Waals surface area contributed by atoms with E-state index in [-0.39, 0.29) is 0 Å². The molecule has 0 heterocycles. The standard InChI is InChI=1S/C14H30O4S/c1-14(2)4-12-19-13-11-18-10-9-17-8-7-16-6-5-15-3/h14H,4-13H2,1-3H3. The van der Waals surface area contributed by atoms with Gasteiger partial charge >= 0.3 is 0 Å². The van der Waals surface area contributed by atoms with Crippen molar-refractivity contribution in [1.29, 1.82) is 0 Å². The van der Waals surface area contributed by atoms with Gasteiger partial charge in [0.2, 0.25) is 0 Å². The summed E-state index contributed by atoms with van der Waals surface area (Å²) in [6, 6.07) is 0. The number of methoxy groups -OCH3 is 1. The van der Waals surface area contributed by atoms with Crippen LogP contribution in [0, 0.1) is 5.92 Å². The lowest BCUT2D eigenvalue weighted by molar-refractivity contribution is 0.00565. The van der Waals surface area contributed by atoms with Gasteiger partial charge in [0, 0.05) is 12.9 Å². The number of hydrogen-bond acceptors (Lipinski definition) is 5. The highest BCUT2D eigenvalue weighted by atomic mass is 32.2. The average Bonchev–Trinajstić information content (AvgIpc) is 2.39. The molecule has 0 aliphatic heterocycles. The molecule has 0 amide bonds. The third kappa shape index (κ3) is 18.2. The maximum absolute atomic E-state index is 5.48. The molecule has 116 valence electrons. The monoisotopic (exact) mass is 294 g/mol. The van der Waals surface area contributed by atoms with E-state index in [4.69, 9.17) is 18.9 Å². The molecular weight excluding hydrogens is 264 g/mol. The third-order valence-corrected chi connectivity index (χ3v) is 3.37. The molecule has 0 aromatic rings. The van der Waals surface area contributed by atoms with Gasteiger partial charge in [0.05, 0.1) is 46.2 Å². The summed E-state index contributed by atoms with van der Waals surface area (Å²) in [5.74, 6) is 3.11. The average molecular weight is 294 g/mol. The van der Waals surface area contributed by atoms with Gasteiger partial charge in [-0.15, -0.1) is 0 Å². The van der Waals surface area contributed by atoms with Crippen molar-refractivity contribution in [2.75, 3.05) is 64.9 Å². The molecule has 0 aliphatic carbocycles. The first-order valence-electron chi connectivity index (χ1n) is 7.07. The largest absolute Gasteiger partial charge is 0.382 e. The molecule has 0 aromatic carbocycles. The van der Waals surface area contributed by atoms with Gasteiger partial charge in [-0.1, -0.05) is 13.8 Å². The molecule has 0 radical (unpaired) electrons. The summed E-state index contributed by atoms with van der Waals surface area (Å²) in [6.07, 6.45) is 1.29. The van der Waals surface area contributed by atoms with Crippen LogP contribution >= 0.6 is 11.8 Å². The number of rotatable bonds is 15. The first-order valence-corrected chi connectivity index (χ1v) is 8.22. The van der Waals surface area contributed by atoms with Crippen LogP contribution in [0.1, 0.15) is 20.3 Å². The summed E-state index contributed by atoms with van der Waals surface area (Å²) < 4.78 is 21.0. The van der Waals surface area contributed by atoms with Crippen LogP contribution in [0.15, 0.2) is 0 Å². The van der Waals surface area contributed by atoms with E-state index in [0.717, 1.165) is 18.3 Å². The third-order valence-electron chi connectivity index (χ3n) is 2.39. The molecule has 5 heteroatoms. The Balaban J connectivity index is 2.91. The van der Waals surface area contributed by atoms with E-state index in [0.29, 0.717) is 39.6 Å². The SMILES string of the molecule is COCCOCCOCCOCCSCCC(C)C. The van der Waals surface area contributed by atoms with Crippen LogP contribution in [0.4, 0.5) is 0 Å². The lowest BCUT2D eigenvalue weighted by Gasteiger charge is -2.07. The van der Waals surface area contributed by atoms with E-state index < -0.39 is 0 Å². The highest BCUT2D eigenvalue weighted by molar-refractivity contribution is 7.99. The Morgan fingerprint density at radius 3 is 1.79 bits per heavy atom. The number of ether oxygens (including phenoxy) is 4. The molecule has 0 saturated carbocycles. The van der Waals surface area contributed by atoms with E-state index in [2.05, 4.69) is 13.8 Å². The summed E-state index contributed by atoms with van der Waals surface area (Å²) in [6.45, 7) is 9.15. The van der Waals surface area contributed by atoms with Crippen LogP contribution in [0.5, 0.6) is 0 Å². The first kappa shape index (κ1) is 19.2. The quantitative estimate of drug-likeness (QED) is 0.434.